The summed E-state index contributed by atoms with van der Waals surface area (Å²) >= 11 is 5.14. The Morgan fingerprint density at radius 3 is 2.40 bits per heavy atom. The minimum Gasteiger partial charge on any atom is -0.271 e. The molecular formula is C11H11BrN2S. The van der Waals surface area contributed by atoms with Crippen LogP contribution in [-0.2, 0) is 0 Å². The molecule has 2 nitrogen and oxygen atoms in total. The van der Waals surface area contributed by atoms with Gasteiger partial charge >= 0.3 is 0 Å². The van der Waals surface area contributed by atoms with Crippen LogP contribution in [0.3, 0.4) is 0 Å². The van der Waals surface area contributed by atoms with Gasteiger partial charge in [-0.3, -0.25) is 5.84 Å². The van der Waals surface area contributed by atoms with Gasteiger partial charge in [0.05, 0.1) is 9.83 Å². The number of hydrazine groups is 1. The number of nitrogens with one attached hydrogen (secondary N) is 1. The quantitative estimate of drug-likeness (QED) is 0.671. The van der Waals surface area contributed by atoms with Crippen molar-refractivity contribution in [2.75, 3.05) is 0 Å². The van der Waals surface area contributed by atoms with Gasteiger partial charge in [-0.25, -0.2) is 5.43 Å². The van der Waals surface area contributed by atoms with E-state index in [-0.39, 0.29) is 6.04 Å². The van der Waals surface area contributed by atoms with Crippen molar-refractivity contribution in [2.45, 2.75) is 6.04 Å². The van der Waals surface area contributed by atoms with Gasteiger partial charge in [0.1, 0.15) is 0 Å². The lowest BCUT2D eigenvalue weighted by atomic mass is 10.1. The van der Waals surface area contributed by atoms with Gasteiger partial charge in [0.15, 0.2) is 0 Å². The van der Waals surface area contributed by atoms with Crippen molar-refractivity contribution < 1.29 is 0 Å². The molecule has 0 fully saturated rings. The summed E-state index contributed by atoms with van der Waals surface area (Å²) in [6, 6.07) is 14.4. The first kappa shape index (κ1) is 10.8. The van der Waals surface area contributed by atoms with E-state index in [0.717, 1.165) is 3.79 Å². The number of halogens is 1. The molecule has 2 aromatic rings. The van der Waals surface area contributed by atoms with Crippen LogP contribution >= 0.6 is 27.3 Å². The largest absolute Gasteiger partial charge is 0.271 e. The smallest absolute Gasteiger partial charge is 0.0802 e. The molecule has 1 aromatic heterocycles. The van der Waals surface area contributed by atoms with Crippen molar-refractivity contribution >= 4 is 27.3 Å². The zero-order valence-electron chi connectivity index (χ0n) is 7.98. The highest BCUT2D eigenvalue weighted by atomic mass is 79.9. The third kappa shape index (κ3) is 2.46. The fourth-order valence-electron chi connectivity index (χ4n) is 1.47. The molecule has 0 amide bonds. The molecule has 0 radical (unpaired) electrons. The maximum atomic E-state index is 5.59. The van der Waals surface area contributed by atoms with E-state index in [0.29, 0.717) is 0 Å². The fourth-order valence-corrected chi connectivity index (χ4v) is 2.98. The SMILES string of the molecule is NNC(c1ccccc1)c1ccc(Br)s1. The molecule has 15 heavy (non-hydrogen) atoms. The zero-order valence-corrected chi connectivity index (χ0v) is 10.4. The highest BCUT2D eigenvalue weighted by molar-refractivity contribution is 9.11. The summed E-state index contributed by atoms with van der Waals surface area (Å²) in [4.78, 5) is 1.20. The monoisotopic (exact) mass is 282 g/mol. The average Bonchev–Trinajstić information content (AvgIpc) is 2.68. The lowest BCUT2D eigenvalue weighted by Gasteiger charge is -2.14. The highest BCUT2D eigenvalue weighted by Crippen LogP contribution is 2.30. The van der Waals surface area contributed by atoms with Crippen LogP contribution in [0.15, 0.2) is 46.3 Å². The van der Waals surface area contributed by atoms with Gasteiger partial charge in [-0.1, -0.05) is 30.3 Å². The van der Waals surface area contributed by atoms with E-state index in [1.165, 1.54) is 10.4 Å². The molecule has 1 aromatic carbocycles. The first-order valence-corrected chi connectivity index (χ1v) is 6.18. The van der Waals surface area contributed by atoms with Gasteiger partial charge in [-0.15, -0.1) is 11.3 Å². The molecule has 4 heteroatoms. The van der Waals surface area contributed by atoms with Crippen LogP contribution in [0.4, 0.5) is 0 Å². The second-order valence-corrected chi connectivity index (χ2v) is 5.65. The van der Waals surface area contributed by atoms with Crippen LogP contribution in [0.5, 0.6) is 0 Å². The first-order chi connectivity index (χ1) is 7.31. The first-order valence-electron chi connectivity index (χ1n) is 4.57. The molecule has 0 spiro atoms. The molecule has 0 aliphatic heterocycles. The van der Waals surface area contributed by atoms with E-state index < -0.39 is 0 Å². The number of benzene rings is 1. The van der Waals surface area contributed by atoms with Crippen molar-refractivity contribution in [1.29, 1.82) is 0 Å². The number of hydrogen-bond donors (Lipinski definition) is 2. The number of nitrogens with two attached hydrogens (primary N) is 1. The van der Waals surface area contributed by atoms with Gasteiger partial charge in [0.2, 0.25) is 0 Å². The lowest BCUT2D eigenvalue weighted by Crippen LogP contribution is -2.28. The molecule has 0 saturated heterocycles. The Balaban J connectivity index is 2.33. The minimum absolute atomic E-state index is 0.0718. The molecule has 0 bridgehead atoms. The van der Waals surface area contributed by atoms with Crippen LogP contribution in [0.2, 0.25) is 0 Å². The summed E-state index contributed by atoms with van der Waals surface area (Å²) in [6.07, 6.45) is 0. The van der Waals surface area contributed by atoms with Gasteiger partial charge in [0, 0.05) is 4.88 Å². The third-order valence-corrected chi connectivity index (χ3v) is 3.87. The highest BCUT2D eigenvalue weighted by Gasteiger charge is 2.13. The Morgan fingerprint density at radius 2 is 1.87 bits per heavy atom. The van der Waals surface area contributed by atoms with E-state index in [4.69, 9.17) is 5.84 Å². The molecule has 1 unspecified atom stereocenters. The van der Waals surface area contributed by atoms with E-state index in [9.17, 15) is 0 Å². The standard InChI is InChI=1S/C11H11BrN2S/c12-10-7-6-9(15-10)11(14-13)8-4-2-1-3-5-8/h1-7,11,14H,13H2. The average molecular weight is 283 g/mol. The molecule has 0 aliphatic carbocycles. The Hall–Kier alpha value is -0.680. The predicted octanol–water partition coefficient (Wildman–Crippen LogP) is 3.06. The molecular weight excluding hydrogens is 272 g/mol. The number of hydrogen-bond acceptors (Lipinski definition) is 3. The zero-order chi connectivity index (χ0) is 10.7. The summed E-state index contributed by atoms with van der Waals surface area (Å²) < 4.78 is 1.12. The topological polar surface area (TPSA) is 38.0 Å². The minimum atomic E-state index is 0.0718. The van der Waals surface area contributed by atoms with Gasteiger partial charge in [0.25, 0.3) is 0 Å². The molecule has 0 aliphatic rings. The van der Waals surface area contributed by atoms with Crippen molar-refractivity contribution in [3.8, 4) is 0 Å². The van der Waals surface area contributed by atoms with Crippen molar-refractivity contribution in [1.82, 2.24) is 5.43 Å². The second kappa shape index (κ2) is 4.90. The van der Waals surface area contributed by atoms with Crippen LogP contribution in [0.1, 0.15) is 16.5 Å². The molecule has 78 valence electrons. The summed E-state index contributed by atoms with van der Waals surface area (Å²) in [5.74, 6) is 5.59. The van der Waals surface area contributed by atoms with E-state index >= 15 is 0 Å². The van der Waals surface area contributed by atoms with E-state index in [1.807, 2.05) is 24.3 Å². The fraction of sp³-hybridized carbons (Fsp3) is 0.0909. The molecule has 3 N–H and O–H groups in total. The number of thiophene rings is 1. The van der Waals surface area contributed by atoms with Gasteiger partial charge in [-0.2, -0.15) is 0 Å². The van der Waals surface area contributed by atoms with Crippen LogP contribution in [0.25, 0.3) is 0 Å². The Bertz CT molecular complexity index is 427. The van der Waals surface area contributed by atoms with Crippen LogP contribution in [-0.4, -0.2) is 0 Å². The Morgan fingerprint density at radius 1 is 1.13 bits per heavy atom. The van der Waals surface area contributed by atoms with Gasteiger partial charge in [-0.05, 0) is 33.6 Å². The second-order valence-electron chi connectivity index (χ2n) is 3.15. The Labute approximate surface area is 101 Å². The molecule has 1 heterocycles. The lowest BCUT2D eigenvalue weighted by molar-refractivity contribution is 0.646. The summed E-state index contributed by atoms with van der Waals surface area (Å²) in [5.41, 5.74) is 4.01. The van der Waals surface area contributed by atoms with Crippen LogP contribution in [0, 0.1) is 0 Å². The molecule has 0 saturated carbocycles. The third-order valence-electron chi connectivity index (χ3n) is 2.18. The van der Waals surface area contributed by atoms with Crippen LogP contribution < -0.4 is 11.3 Å². The summed E-state index contributed by atoms with van der Waals surface area (Å²) in [6.45, 7) is 0. The van der Waals surface area contributed by atoms with Crippen molar-refractivity contribution in [3.05, 3.63) is 56.7 Å². The normalized spacial score (nSPS) is 12.7. The summed E-state index contributed by atoms with van der Waals surface area (Å²) in [7, 11) is 0. The maximum Gasteiger partial charge on any atom is 0.0802 e. The van der Waals surface area contributed by atoms with Gasteiger partial charge < -0.3 is 0 Å². The maximum absolute atomic E-state index is 5.59. The van der Waals surface area contributed by atoms with Crippen molar-refractivity contribution in [2.24, 2.45) is 5.84 Å². The number of rotatable bonds is 3. The van der Waals surface area contributed by atoms with Crippen molar-refractivity contribution in [3.63, 3.8) is 0 Å². The van der Waals surface area contributed by atoms with E-state index in [2.05, 4.69) is 39.6 Å². The molecule has 2 rings (SSSR count). The predicted molar refractivity (Wildman–Crippen MR) is 67.6 cm³/mol. The Kier molecular flexibility index (Phi) is 3.53. The molecule has 1 atom stereocenters. The summed E-state index contributed by atoms with van der Waals surface area (Å²) in [5, 5.41) is 0. The van der Waals surface area contributed by atoms with E-state index in [1.54, 1.807) is 11.3 Å².